The van der Waals surface area contributed by atoms with Crippen LogP contribution < -0.4 is 11.1 Å². The fraction of sp³-hybridized carbons (Fsp3) is 0.438. The third-order valence-electron chi connectivity index (χ3n) is 4.30. The highest BCUT2D eigenvalue weighted by Gasteiger charge is 2.32. The molecule has 0 saturated heterocycles. The Bertz CT molecular complexity index is 585. The van der Waals surface area contributed by atoms with Gasteiger partial charge < -0.3 is 11.1 Å². The minimum atomic E-state index is -0.458. The van der Waals surface area contributed by atoms with Crippen molar-refractivity contribution in [3.63, 3.8) is 0 Å². The fourth-order valence-electron chi connectivity index (χ4n) is 2.43. The van der Waals surface area contributed by atoms with E-state index in [4.69, 9.17) is 5.73 Å². The SMILES string of the molecule is CCC(CC)(CN)C(=O)NCc1ccc(-n2cncn2)cc1.Cl. The van der Waals surface area contributed by atoms with Gasteiger partial charge in [0.2, 0.25) is 5.91 Å². The molecule has 0 aliphatic rings. The van der Waals surface area contributed by atoms with Crippen LogP contribution in [0.2, 0.25) is 0 Å². The molecule has 3 N–H and O–H groups in total. The lowest BCUT2D eigenvalue weighted by atomic mass is 9.81. The summed E-state index contributed by atoms with van der Waals surface area (Å²) in [4.78, 5) is 16.3. The van der Waals surface area contributed by atoms with Gasteiger partial charge in [0, 0.05) is 13.1 Å². The molecule has 23 heavy (non-hydrogen) atoms. The van der Waals surface area contributed by atoms with Gasteiger partial charge in [-0.25, -0.2) is 9.67 Å². The Kier molecular flexibility index (Phi) is 7.19. The van der Waals surface area contributed by atoms with Crippen LogP contribution in [0.5, 0.6) is 0 Å². The summed E-state index contributed by atoms with van der Waals surface area (Å²) >= 11 is 0. The number of carbonyl (C=O) groups is 1. The topological polar surface area (TPSA) is 85.8 Å². The van der Waals surface area contributed by atoms with E-state index >= 15 is 0 Å². The molecule has 0 radical (unpaired) electrons. The van der Waals surface area contributed by atoms with Crippen LogP contribution in [0, 0.1) is 5.41 Å². The number of amides is 1. The van der Waals surface area contributed by atoms with Gasteiger partial charge in [-0.1, -0.05) is 26.0 Å². The van der Waals surface area contributed by atoms with Crippen molar-refractivity contribution in [2.45, 2.75) is 33.2 Å². The molecule has 0 saturated carbocycles. The number of hydrogen-bond donors (Lipinski definition) is 2. The zero-order chi connectivity index (χ0) is 16.0. The van der Waals surface area contributed by atoms with Crippen LogP contribution >= 0.6 is 12.4 Å². The lowest BCUT2D eigenvalue weighted by Crippen LogP contribution is -2.45. The Morgan fingerprint density at radius 1 is 1.26 bits per heavy atom. The number of hydrogen-bond acceptors (Lipinski definition) is 4. The number of nitrogens with zero attached hydrogens (tertiary/aromatic N) is 3. The van der Waals surface area contributed by atoms with Crippen molar-refractivity contribution < 1.29 is 4.79 Å². The summed E-state index contributed by atoms with van der Waals surface area (Å²) in [6, 6.07) is 7.84. The first-order valence-corrected chi connectivity index (χ1v) is 7.57. The van der Waals surface area contributed by atoms with E-state index < -0.39 is 5.41 Å². The second-order valence-electron chi connectivity index (χ2n) is 5.38. The Hall–Kier alpha value is -1.92. The first-order chi connectivity index (χ1) is 10.6. The number of halogens is 1. The van der Waals surface area contributed by atoms with Gasteiger partial charge in [-0.05, 0) is 30.5 Å². The molecule has 7 heteroatoms. The van der Waals surface area contributed by atoms with E-state index in [-0.39, 0.29) is 18.3 Å². The summed E-state index contributed by atoms with van der Waals surface area (Å²) in [5.41, 5.74) is 7.31. The fourth-order valence-corrected chi connectivity index (χ4v) is 2.43. The molecule has 0 aliphatic carbocycles. The molecule has 0 bridgehead atoms. The van der Waals surface area contributed by atoms with Gasteiger partial charge in [0.15, 0.2) is 0 Å². The van der Waals surface area contributed by atoms with Gasteiger partial charge in [-0.2, -0.15) is 5.10 Å². The molecular weight excluding hydrogens is 314 g/mol. The molecule has 2 aromatic rings. The molecule has 1 heterocycles. The van der Waals surface area contributed by atoms with Crippen LogP contribution in [0.15, 0.2) is 36.9 Å². The van der Waals surface area contributed by atoms with E-state index in [1.54, 1.807) is 11.0 Å². The molecule has 126 valence electrons. The summed E-state index contributed by atoms with van der Waals surface area (Å²) in [6.07, 6.45) is 4.64. The minimum Gasteiger partial charge on any atom is -0.352 e. The van der Waals surface area contributed by atoms with Crippen LogP contribution in [0.3, 0.4) is 0 Å². The van der Waals surface area contributed by atoms with Gasteiger partial charge in [0.05, 0.1) is 11.1 Å². The first kappa shape index (κ1) is 19.1. The maximum atomic E-state index is 12.4. The quantitative estimate of drug-likeness (QED) is 0.809. The van der Waals surface area contributed by atoms with Crippen molar-refractivity contribution in [3.8, 4) is 5.69 Å². The number of nitrogens with two attached hydrogens (primary N) is 1. The van der Waals surface area contributed by atoms with Gasteiger partial charge in [-0.3, -0.25) is 4.79 Å². The van der Waals surface area contributed by atoms with Gasteiger partial charge in [0.1, 0.15) is 12.7 Å². The summed E-state index contributed by atoms with van der Waals surface area (Å²) in [7, 11) is 0. The molecule has 0 atom stereocenters. The average Bonchev–Trinajstić information content (AvgIpc) is 3.10. The zero-order valence-corrected chi connectivity index (χ0v) is 14.3. The maximum absolute atomic E-state index is 12.4. The number of nitrogens with one attached hydrogen (secondary N) is 1. The molecule has 0 fully saturated rings. The Labute approximate surface area is 142 Å². The molecular formula is C16H24ClN5O. The average molecular weight is 338 g/mol. The Balaban J connectivity index is 0.00000264. The number of carbonyl (C=O) groups excluding carboxylic acids is 1. The number of aromatic nitrogens is 3. The predicted molar refractivity (Wildman–Crippen MR) is 92.5 cm³/mol. The second-order valence-corrected chi connectivity index (χ2v) is 5.38. The molecule has 0 spiro atoms. The second kappa shape index (κ2) is 8.64. The normalized spacial score (nSPS) is 10.9. The van der Waals surface area contributed by atoms with Crippen LogP contribution in [-0.2, 0) is 11.3 Å². The molecule has 2 rings (SSSR count). The van der Waals surface area contributed by atoms with Crippen LogP contribution in [-0.4, -0.2) is 27.2 Å². The van der Waals surface area contributed by atoms with E-state index in [9.17, 15) is 4.79 Å². The van der Waals surface area contributed by atoms with Crippen molar-refractivity contribution in [2.75, 3.05) is 6.54 Å². The Morgan fingerprint density at radius 2 is 1.91 bits per heavy atom. The van der Waals surface area contributed by atoms with Crippen molar-refractivity contribution in [1.82, 2.24) is 20.1 Å². The third kappa shape index (κ3) is 4.30. The van der Waals surface area contributed by atoms with Gasteiger partial charge >= 0.3 is 0 Å². The molecule has 1 aromatic carbocycles. The lowest BCUT2D eigenvalue weighted by molar-refractivity contribution is -0.131. The molecule has 0 aliphatic heterocycles. The van der Waals surface area contributed by atoms with E-state index in [0.717, 1.165) is 24.1 Å². The van der Waals surface area contributed by atoms with Gasteiger partial charge in [0.25, 0.3) is 0 Å². The monoisotopic (exact) mass is 337 g/mol. The number of benzene rings is 1. The smallest absolute Gasteiger partial charge is 0.227 e. The van der Waals surface area contributed by atoms with E-state index in [0.29, 0.717) is 13.1 Å². The largest absolute Gasteiger partial charge is 0.352 e. The summed E-state index contributed by atoms with van der Waals surface area (Å²) < 4.78 is 1.69. The van der Waals surface area contributed by atoms with E-state index in [1.807, 2.05) is 38.1 Å². The highest BCUT2D eigenvalue weighted by atomic mass is 35.5. The number of rotatable bonds is 7. The molecule has 1 amide bonds. The summed E-state index contributed by atoms with van der Waals surface area (Å²) in [5, 5.41) is 7.07. The van der Waals surface area contributed by atoms with Crippen molar-refractivity contribution in [3.05, 3.63) is 42.5 Å². The van der Waals surface area contributed by atoms with Crippen LogP contribution in [0.1, 0.15) is 32.3 Å². The van der Waals surface area contributed by atoms with Crippen molar-refractivity contribution in [1.29, 1.82) is 0 Å². The van der Waals surface area contributed by atoms with Crippen LogP contribution in [0.4, 0.5) is 0 Å². The first-order valence-electron chi connectivity index (χ1n) is 7.57. The maximum Gasteiger partial charge on any atom is 0.227 e. The highest BCUT2D eigenvalue weighted by molar-refractivity contribution is 5.85. The zero-order valence-electron chi connectivity index (χ0n) is 13.5. The van der Waals surface area contributed by atoms with E-state index in [1.165, 1.54) is 6.33 Å². The Morgan fingerprint density at radius 3 is 2.39 bits per heavy atom. The predicted octanol–water partition coefficient (Wildman–Crippen LogP) is 2.07. The molecule has 6 nitrogen and oxygen atoms in total. The van der Waals surface area contributed by atoms with E-state index in [2.05, 4.69) is 15.4 Å². The molecule has 0 unspecified atom stereocenters. The molecule has 1 aromatic heterocycles. The minimum absolute atomic E-state index is 0. The standard InChI is InChI=1S/C16H23N5O.ClH/c1-3-16(4-2,10-17)15(22)19-9-13-5-7-14(8-6-13)21-12-18-11-20-21;/h5-8,11-12H,3-4,9-10,17H2,1-2H3,(H,19,22);1H. The highest BCUT2D eigenvalue weighted by Crippen LogP contribution is 2.25. The van der Waals surface area contributed by atoms with Crippen LogP contribution in [0.25, 0.3) is 5.69 Å². The van der Waals surface area contributed by atoms with Crippen molar-refractivity contribution in [2.24, 2.45) is 11.1 Å². The van der Waals surface area contributed by atoms with Crippen molar-refractivity contribution >= 4 is 18.3 Å². The summed E-state index contributed by atoms with van der Waals surface area (Å²) in [6.45, 7) is 4.88. The third-order valence-corrected chi connectivity index (χ3v) is 4.30. The van der Waals surface area contributed by atoms with Gasteiger partial charge in [-0.15, -0.1) is 12.4 Å². The lowest BCUT2D eigenvalue weighted by Gasteiger charge is -2.28. The summed E-state index contributed by atoms with van der Waals surface area (Å²) in [5.74, 6) is 0.0281.